The molecule has 0 saturated heterocycles. The highest BCUT2D eigenvalue weighted by atomic mass is 32.1. The highest BCUT2D eigenvalue weighted by Gasteiger charge is 2.13. The molecule has 6 nitrogen and oxygen atoms in total. The van der Waals surface area contributed by atoms with Crippen molar-refractivity contribution in [2.45, 2.75) is 33.2 Å². The third-order valence-corrected chi connectivity index (χ3v) is 5.91. The fraction of sp³-hybridized carbons (Fsp3) is 0.333. The van der Waals surface area contributed by atoms with Gasteiger partial charge in [0, 0.05) is 34.9 Å². The number of aromatic nitrogens is 1. The van der Waals surface area contributed by atoms with Gasteiger partial charge in [-0.15, -0.1) is 11.3 Å². The second-order valence-electron chi connectivity index (χ2n) is 7.37. The summed E-state index contributed by atoms with van der Waals surface area (Å²) in [5, 5.41) is 5.70. The Hall–Kier alpha value is -3.06. The first-order valence-corrected chi connectivity index (χ1v) is 11.2. The zero-order valence-corrected chi connectivity index (χ0v) is 19.5. The topological polar surface area (TPSA) is 63.7 Å². The predicted molar refractivity (Wildman–Crippen MR) is 128 cm³/mol. The zero-order valence-electron chi connectivity index (χ0n) is 18.6. The van der Waals surface area contributed by atoms with Crippen LogP contribution in [0.2, 0.25) is 0 Å². The number of hydrogen-bond acceptors (Lipinski definition) is 6. The molecule has 0 aliphatic carbocycles. The molecule has 164 valence electrons. The van der Waals surface area contributed by atoms with E-state index in [4.69, 9.17) is 9.47 Å². The quantitative estimate of drug-likeness (QED) is 0.494. The second-order valence-corrected chi connectivity index (χ2v) is 8.22. The van der Waals surface area contributed by atoms with Crippen molar-refractivity contribution in [3.8, 4) is 22.1 Å². The van der Waals surface area contributed by atoms with Crippen molar-refractivity contribution < 1.29 is 14.3 Å². The van der Waals surface area contributed by atoms with Gasteiger partial charge in [0.1, 0.15) is 5.01 Å². The van der Waals surface area contributed by atoms with Gasteiger partial charge in [-0.2, -0.15) is 0 Å². The molecule has 1 aromatic heterocycles. The molecule has 0 unspecified atom stereocenters. The van der Waals surface area contributed by atoms with Crippen LogP contribution in [0.25, 0.3) is 10.6 Å². The molecule has 0 atom stereocenters. The Labute approximate surface area is 187 Å². The standard InChI is InChI=1S/C24H29N3O3S/c1-6-27(16(2)3)20-10-8-18(9-11-20)25-23(28)14-19-15-31-24(26-19)17-7-12-21(29-4)22(13-17)30-5/h7-13,15-16H,6,14H2,1-5H3,(H,25,28). The maximum absolute atomic E-state index is 12.5. The summed E-state index contributed by atoms with van der Waals surface area (Å²) in [6, 6.07) is 14.1. The molecule has 0 spiro atoms. The number of carbonyl (C=O) groups is 1. The first-order valence-electron chi connectivity index (χ1n) is 10.3. The molecule has 0 radical (unpaired) electrons. The van der Waals surface area contributed by atoms with Gasteiger partial charge in [-0.25, -0.2) is 4.98 Å². The lowest BCUT2D eigenvalue weighted by Crippen LogP contribution is -2.30. The molecule has 1 N–H and O–H groups in total. The van der Waals surface area contributed by atoms with Crippen LogP contribution in [-0.4, -0.2) is 37.7 Å². The Bertz CT molecular complexity index is 1020. The molecule has 0 saturated carbocycles. The molecule has 2 aromatic carbocycles. The summed E-state index contributed by atoms with van der Waals surface area (Å²) in [6.07, 6.45) is 0.221. The Kier molecular flexibility index (Phi) is 7.52. The van der Waals surface area contributed by atoms with Gasteiger partial charge >= 0.3 is 0 Å². The smallest absolute Gasteiger partial charge is 0.230 e. The average Bonchev–Trinajstić information content (AvgIpc) is 3.23. The number of ether oxygens (including phenoxy) is 2. The van der Waals surface area contributed by atoms with Crippen molar-refractivity contribution in [1.29, 1.82) is 0 Å². The van der Waals surface area contributed by atoms with Gasteiger partial charge in [0.25, 0.3) is 0 Å². The number of nitrogens with one attached hydrogen (secondary N) is 1. The van der Waals surface area contributed by atoms with Crippen molar-refractivity contribution in [2.24, 2.45) is 0 Å². The molecule has 3 aromatic rings. The van der Waals surface area contributed by atoms with Crippen LogP contribution in [0.5, 0.6) is 11.5 Å². The molecule has 1 heterocycles. The van der Waals surface area contributed by atoms with Crippen LogP contribution in [0.15, 0.2) is 47.8 Å². The number of thiazole rings is 1. The van der Waals surface area contributed by atoms with E-state index in [9.17, 15) is 4.79 Å². The normalized spacial score (nSPS) is 10.8. The molecule has 1 amide bonds. The van der Waals surface area contributed by atoms with Crippen molar-refractivity contribution in [1.82, 2.24) is 4.98 Å². The van der Waals surface area contributed by atoms with E-state index < -0.39 is 0 Å². The Morgan fingerprint density at radius 2 is 1.81 bits per heavy atom. The largest absolute Gasteiger partial charge is 0.493 e. The van der Waals surface area contributed by atoms with E-state index in [1.54, 1.807) is 14.2 Å². The van der Waals surface area contributed by atoms with Gasteiger partial charge in [0.05, 0.1) is 26.3 Å². The summed E-state index contributed by atoms with van der Waals surface area (Å²) >= 11 is 1.50. The van der Waals surface area contributed by atoms with Gasteiger partial charge in [-0.3, -0.25) is 4.79 Å². The minimum atomic E-state index is -0.0897. The van der Waals surface area contributed by atoms with Gasteiger partial charge < -0.3 is 19.7 Å². The lowest BCUT2D eigenvalue weighted by atomic mass is 10.2. The number of carbonyl (C=O) groups excluding carboxylic acids is 1. The van der Waals surface area contributed by atoms with E-state index in [-0.39, 0.29) is 12.3 Å². The lowest BCUT2D eigenvalue weighted by molar-refractivity contribution is -0.115. The number of methoxy groups -OCH3 is 2. The van der Waals surface area contributed by atoms with E-state index in [1.807, 2.05) is 47.8 Å². The number of nitrogens with zero attached hydrogens (tertiary/aromatic N) is 2. The van der Waals surface area contributed by atoms with Gasteiger partial charge in [-0.1, -0.05) is 0 Å². The number of benzene rings is 2. The summed E-state index contributed by atoms with van der Waals surface area (Å²) in [7, 11) is 3.21. The second kappa shape index (κ2) is 10.3. The van der Waals surface area contributed by atoms with Gasteiger partial charge in [0.15, 0.2) is 11.5 Å². The van der Waals surface area contributed by atoms with E-state index in [1.165, 1.54) is 11.3 Å². The number of amides is 1. The molecular weight excluding hydrogens is 410 g/mol. The average molecular weight is 440 g/mol. The van der Waals surface area contributed by atoms with Crippen LogP contribution in [0.4, 0.5) is 11.4 Å². The summed E-state index contributed by atoms with van der Waals surface area (Å²) in [5.74, 6) is 1.23. The molecule has 7 heteroatoms. The molecule has 0 aliphatic heterocycles. The van der Waals surface area contributed by atoms with Crippen molar-refractivity contribution >= 4 is 28.6 Å². The SMILES string of the molecule is CCN(c1ccc(NC(=O)Cc2csc(-c3ccc(OC)c(OC)c3)n2)cc1)C(C)C. The summed E-state index contributed by atoms with van der Waals surface area (Å²) in [5.41, 5.74) is 3.59. The van der Waals surface area contributed by atoms with Crippen LogP contribution < -0.4 is 19.7 Å². The number of rotatable bonds is 9. The minimum absolute atomic E-state index is 0.0897. The van der Waals surface area contributed by atoms with Crippen molar-refractivity contribution in [2.75, 3.05) is 31.0 Å². The predicted octanol–water partition coefficient (Wildman–Crippen LogP) is 5.24. The third-order valence-electron chi connectivity index (χ3n) is 4.97. The van der Waals surface area contributed by atoms with E-state index in [2.05, 4.69) is 36.0 Å². The zero-order chi connectivity index (χ0) is 22.4. The number of hydrogen-bond donors (Lipinski definition) is 1. The fourth-order valence-corrected chi connectivity index (χ4v) is 4.26. The molecule has 31 heavy (non-hydrogen) atoms. The maximum atomic E-state index is 12.5. The van der Waals surface area contributed by atoms with E-state index in [0.717, 1.165) is 34.2 Å². The van der Waals surface area contributed by atoms with Crippen LogP contribution in [0.3, 0.4) is 0 Å². The monoisotopic (exact) mass is 439 g/mol. The molecule has 3 rings (SSSR count). The van der Waals surface area contributed by atoms with E-state index >= 15 is 0 Å². The molecule has 0 aliphatic rings. The first-order chi connectivity index (χ1) is 14.9. The van der Waals surface area contributed by atoms with Crippen LogP contribution >= 0.6 is 11.3 Å². The van der Waals surface area contributed by atoms with Crippen molar-refractivity contribution in [3.63, 3.8) is 0 Å². The summed E-state index contributed by atoms with van der Waals surface area (Å²) < 4.78 is 10.6. The van der Waals surface area contributed by atoms with Crippen molar-refractivity contribution in [3.05, 3.63) is 53.5 Å². The van der Waals surface area contributed by atoms with Crippen LogP contribution in [0, 0.1) is 0 Å². The fourth-order valence-electron chi connectivity index (χ4n) is 3.44. The Morgan fingerprint density at radius 1 is 1.10 bits per heavy atom. The maximum Gasteiger partial charge on any atom is 0.230 e. The third kappa shape index (κ3) is 5.55. The Balaban J connectivity index is 1.64. The molecular formula is C24H29N3O3S. The van der Waals surface area contributed by atoms with Crippen LogP contribution in [-0.2, 0) is 11.2 Å². The first kappa shape index (κ1) is 22.6. The Morgan fingerprint density at radius 3 is 2.42 bits per heavy atom. The lowest BCUT2D eigenvalue weighted by Gasteiger charge is -2.27. The number of anilines is 2. The van der Waals surface area contributed by atoms with Gasteiger partial charge in [-0.05, 0) is 63.2 Å². The molecule has 0 fully saturated rings. The molecule has 0 bridgehead atoms. The van der Waals surface area contributed by atoms with Crippen LogP contribution in [0.1, 0.15) is 26.5 Å². The summed E-state index contributed by atoms with van der Waals surface area (Å²) in [6.45, 7) is 7.42. The highest BCUT2D eigenvalue weighted by molar-refractivity contribution is 7.13. The van der Waals surface area contributed by atoms with Gasteiger partial charge in [0.2, 0.25) is 5.91 Å². The minimum Gasteiger partial charge on any atom is -0.493 e. The van der Waals surface area contributed by atoms with E-state index in [0.29, 0.717) is 17.5 Å². The summed E-state index contributed by atoms with van der Waals surface area (Å²) in [4.78, 5) is 19.4. The highest BCUT2D eigenvalue weighted by Crippen LogP contribution is 2.33.